The fourth-order valence-electron chi connectivity index (χ4n) is 6.03. The van der Waals surface area contributed by atoms with Crippen LogP contribution in [0.15, 0.2) is 46.4 Å². The van der Waals surface area contributed by atoms with Crippen molar-refractivity contribution in [2.24, 2.45) is 15.7 Å². The highest BCUT2D eigenvalue weighted by Crippen LogP contribution is 2.42. The second-order valence-corrected chi connectivity index (χ2v) is 10.8. The first-order valence-electron chi connectivity index (χ1n) is 14.3. The van der Waals surface area contributed by atoms with Crippen LogP contribution in [-0.2, 0) is 0 Å². The number of ether oxygens (including phenoxy) is 2. The van der Waals surface area contributed by atoms with E-state index >= 15 is 0 Å². The summed E-state index contributed by atoms with van der Waals surface area (Å²) >= 11 is 0. The van der Waals surface area contributed by atoms with Gasteiger partial charge in [0.2, 0.25) is 0 Å². The number of benzene rings is 2. The van der Waals surface area contributed by atoms with Gasteiger partial charge < -0.3 is 25.0 Å². The molecule has 3 aliphatic heterocycles. The molecule has 2 N–H and O–H groups in total. The van der Waals surface area contributed by atoms with E-state index in [-0.39, 0.29) is 11.9 Å². The Kier molecular flexibility index (Phi) is 8.50. The van der Waals surface area contributed by atoms with Gasteiger partial charge >= 0.3 is 0 Å². The van der Waals surface area contributed by atoms with Gasteiger partial charge in [-0.3, -0.25) is 9.79 Å². The van der Waals surface area contributed by atoms with Gasteiger partial charge in [0.1, 0.15) is 0 Å². The zero-order valence-corrected chi connectivity index (χ0v) is 23.5. The average Bonchev–Trinajstić information content (AvgIpc) is 2.92. The molecule has 0 aromatic heterocycles. The molecule has 0 saturated carbocycles. The molecule has 8 nitrogen and oxygen atoms in total. The maximum atomic E-state index is 13.0. The summed E-state index contributed by atoms with van der Waals surface area (Å²) in [6.07, 6.45) is 6.83. The molecule has 1 amide bonds. The molecule has 2 fully saturated rings. The van der Waals surface area contributed by atoms with Crippen molar-refractivity contribution < 1.29 is 14.3 Å². The number of piperidine rings is 1. The highest BCUT2D eigenvalue weighted by Gasteiger charge is 2.36. The van der Waals surface area contributed by atoms with Crippen LogP contribution in [0.5, 0.6) is 11.5 Å². The lowest BCUT2D eigenvalue weighted by Gasteiger charge is -2.39. The van der Waals surface area contributed by atoms with E-state index in [0.717, 1.165) is 68.0 Å². The average molecular weight is 532 g/mol. The number of rotatable bonds is 5. The predicted octanol–water partition coefficient (Wildman–Crippen LogP) is 4.45. The normalized spacial score (nSPS) is 22.2. The number of carbonyl (C=O) groups excluding carboxylic acids is 1. The van der Waals surface area contributed by atoms with Crippen molar-refractivity contribution in [3.63, 3.8) is 0 Å². The zero-order valence-electron chi connectivity index (χ0n) is 23.5. The Balaban J connectivity index is 1.43. The van der Waals surface area contributed by atoms with Crippen LogP contribution in [0.4, 0.5) is 0 Å². The van der Waals surface area contributed by atoms with E-state index in [9.17, 15) is 4.79 Å². The lowest BCUT2D eigenvalue weighted by molar-refractivity contribution is 0.100. The number of fused-ring (bicyclic) bond motifs is 3. The number of amides is 1. The van der Waals surface area contributed by atoms with Crippen molar-refractivity contribution in [3.8, 4) is 11.5 Å². The monoisotopic (exact) mass is 531 g/mol. The third-order valence-electron chi connectivity index (χ3n) is 8.17. The van der Waals surface area contributed by atoms with Crippen LogP contribution in [0.3, 0.4) is 0 Å². The topological polar surface area (TPSA) is 92.7 Å². The van der Waals surface area contributed by atoms with Crippen molar-refractivity contribution in [2.45, 2.75) is 57.4 Å². The molecule has 0 radical (unpaired) electrons. The van der Waals surface area contributed by atoms with E-state index in [1.807, 2.05) is 36.1 Å². The molecule has 39 heavy (non-hydrogen) atoms. The van der Waals surface area contributed by atoms with Crippen molar-refractivity contribution in [3.05, 3.63) is 58.7 Å². The maximum Gasteiger partial charge on any atom is 0.280 e. The molecule has 0 spiro atoms. The number of nitrogens with zero attached hydrogens (tertiary/aromatic N) is 4. The molecule has 2 unspecified atom stereocenters. The molecular formula is C31H41N5O3. The molecule has 0 aliphatic carbocycles. The second kappa shape index (κ2) is 12.2. The number of carbonyl (C=O) groups is 1. The summed E-state index contributed by atoms with van der Waals surface area (Å²) in [5.74, 6) is 1.77. The van der Waals surface area contributed by atoms with Crippen LogP contribution in [-0.4, -0.2) is 80.4 Å². The number of nitrogens with two attached hydrogens (primary N) is 1. The molecule has 0 bridgehead atoms. The van der Waals surface area contributed by atoms with Crippen LogP contribution >= 0.6 is 0 Å². The quantitative estimate of drug-likeness (QED) is 0.453. The molecule has 3 heterocycles. The van der Waals surface area contributed by atoms with E-state index in [1.54, 1.807) is 7.11 Å². The molecule has 2 saturated heterocycles. The summed E-state index contributed by atoms with van der Waals surface area (Å²) in [6, 6.07) is 12.0. The van der Waals surface area contributed by atoms with Crippen LogP contribution in [0.2, 0.25) is 0 Å². The summed E-state index contributed by atoms with van der Waals surface area (Å²) in [7, 11) is 3.84. The molecule has 208 valence electrons. The summed E-state index contributed by atoms with van der Waals surface area (Å²) in [5.41, 5.74) is 11.0. The molecule has 2 aromatic rings. The van der Waals surface area contributed by atoms with E-state index < -0.39 is 0 Å². The van der Waals surface area contributed by atoms with Gasteiger partial charge in [0, 0.05) is 42.2 Å². The first-order valence-corrected chi connectivity index (χ1v) is 14.3. The maximum absolute atomic E-state index is 13.0. The van der Waals surface area contributed by atoms with Gasteiger partial charge in [-0.15, -0.1) is 0 Å². The molecule has 2 atom stereocenters. The number of guanidine groups is 1. The minimum Gasteiger partial charge on any atom is -0.493 e. The first kappa shape index (κ1) is 27.2. The largest absolute Gasteiger partial charge is 0.493 e. The Morgan fingerprint density at radius 1 is 1.05 bits per heavy atom. The molecule has 2 aromatic carbocycles. The molecular weight excluding hydrogens is 490 g/mol. The van der Waals surface area contributed by atoms with Gasteiger partial charge in [0.25, 0.3) is 5.91 Å². The lowest BCUT2D eigenvalue weighted by atomic mass is 9.79. The number of likely N-dealkylation sites (N-methyl/N-ethyl adjacent to an activating group) is 1. The first-order chi connectivity index (χ1) is 19.0. The highest BCUT2D eigenvalue weighted by atomic mass is 16.5. The number of hydrogen-bond donors (Lipinski definition) is 1. The van der Waals surface area contributed by atoms with Gasteiger partial charge in [-0.2, -0.15) is 4.99 Å². The van der Waals surface area contributed by atoms with Gasteiger partial charge in [0.05, 0.1) is 25.5 Å². The fraction of sp³-hybridized carbons (Fsp3) is 0.516. The summed E-state index contributed by atoms with van der Waals surface area (Å²) in [5, 5.41) is 0. The van der Waals surface area contributed by atoms with Crippen LogP contribution in [0.1, 0.15) is 78.4 Å². The number of hydrogen-bond acceptors (Lipinski definition) is 5. The van der Waals surface area contributed by atoms with Gasteiger partial charge in [-0.1, -0.05) is 31.4 Å². The van der Waals surface area contributed by atoms with Gasteiger partial charge in [-0.25, -0.2) is 0 Å². The third-order valence-corrected chi connectivity index (χ3v) is 8.17. The Bertz CT molecular complexity index is 1230. The number of likely N-dealkylation sites (tertiary alicyclic amines) is 2. The summed E-state index contributed by atoms with van der Waals surface area (Å²) < 4.78 is 11.6. The second-order valence-electron chi connectivity index (χ2n) is 10.8. The number of aliphatic imine (C=N–C) groups is 2. The minimum atomic E-state index is -0.314. The summed E-state index contributed by atoms with van der Waals surface area (Å²) in [4.78, 5) is 26.9. The SMILES string of the molecule is CCOc1cc2c(cc1OC)C(c1ccc(C(=O)N=C(N)N3CCCCCCC3)cc1)=NC1CCN(C)CC21. The van der Waals surface area contributed by atoms with Gasteiger partial charge in [0.15, 0.2) is 17.5 Å². The van der Waals surface area contributed by atoms with E-state index in [2.05, 4.69) is 29.1 Å². The van der Waals surface area contributed by atoms with E-state index in [0.29, 0.717) is 29.8 Å². The van der Waals surface area contributed by atoms with Crippen molar-refractivity contribution in [1.82, 2.24) is 9.80 Å². The highest BCUT2D eigenvalue weighted by molar-refractivity contribution is 6.15. The fourth-order valence-corrected chi connectivity index (χ4v) is 6.03. The Hall–Kier alpha value is -3.39. The van der Waals surface area contributed by atoms with Crippen LogP contribution in [0.25, 0.3) is 0 Å². The van der Waals surface area contributed by atoms with Gasteiger partial charge in [-0.05, 0) is 69.6 Å². The Morgan fingerprint density at radius 3 is 2.46 bits per heavy atom. The smallest absolute Gasteiger partial charge is 0.280 e. The van der Waals surface area contributed by atoms with E-state index in [1.165, 1.54) is 24.8 Å². The number of methoxy groups -OCH3 is 1. The van der Waals surface area contributed by atoms with E-state index in [4.69, 9.17) is 20.2 Å². The molecule has 8 heteroatoms. The zero-order chi connectivity index (χ0) is 27.4. The third kappa shape index (κ3) is 5.96. The Morgan fingerprint density at radius 2 is 1.77 bits per heavy atom. The molecule has 5 rings (SSSR count). The predicted molar refractivity (Wildman–Crippen MR) is 155 cm³/mol. The van der Waals surface area contributed by atoms with Crippen molar-refractivity contribution in [1.29, 1.82) is 0 Å². The molecule has 3 aliphatic rings. The minimum absolute atomic E-state index is 0.204. The van der Waals surface area contributed by atoms with Crippen LogP contribution < -0.4 is 15.2 Å². The van der Waals surface area contributed by atoms with Crippen molar-refractivity contribution in [2.75, 3.05) is 46.9 Å². The Labute approximate surface area is 231 Å². The lowest BCUT2D eigenvalue weighted by Crippen LogP contribution is -2.41. The standard InChI is InChI=1S/C31H41N5O3/c1-4-39-28-18-23-24(19-27(28)38-3)29(33-26-14-17-35(2)20-25(23)26)21-10-12-22(13-11-21)30(37)34-31(32)36-15-8-6-5-7-9-16-36/h10-13,18-19,25-26H,4-9,14-17,20H2,1-3H3,(H2,32,34,37). The summed E-state index contributed by atoms with van der Waals surface area (Å²) in [6.45, 7) is 6.24. The van der Waals surface area contributed by atoms with Crippen LogP contribution in [0, 0.1) is 0 Å². The van der Waals surface area contributed by atoms with Crippen molar-refractivity contribution >= 4 is 17.6 Å².